The second-order valence-corrected chi connectivity index (χ2v) is 11.1. The maximum absolute atomic E-state index is 12.1. The van der Waals surface area contributed by atoms with Crippen molar-refractivity contribution in [3.05, 3.63) is 24.3 Å². The smallest absolute Gasteiger partial charge is 0.305 e. The molecule has 136 valence electrons. The summed E-state index contributed by atoms with van der Waals surface area (Å²) in [6, 6.07) is 3.29. The normalized spacial score (nSPS) is 20.9. The maximum atomic E-state index is 12.1. The third-order valence-electron chi connectivity index (χ3n) is 5.09. The summed E-state index contributed by atoms with van der Waals surface area (Å²) in [6.07, 6.45) is 10.4. The summed E-state index contributed by atoms with van der Waals surface area (Å²) in [5.74, 6) is -0.0516. The lowest BCUT2D eigenvalue weighted by Crippen LogP contribution is -2.41. The van der Waals surface area contributed by atoms with Crippen LogP contribution in [0.1, 0.15) is 46.5 Å². The summed E-state index contributed by atoms with van der Waals surface area (Å²) in [5, 5.41) is 0. The number of methoxy groups -OCH3 is 1. The van der Waals surface area contributed by atoms with E-state index in [0.717, 1.165) is 31.0 Å². The quantitative estimate of drug-likeness (QED) is 0.314. The number of allylic oxidation sites excluding steroid dienone is 3. The summed E-state index contributed by atoms with van der Waals surface area (Å²) >= 11 is 0. The molecule has 4 nitrogen and oxygen atoms in total. The van der Waals surface area contributed by atoms with Crippen molar-refractivity contribution in [3.63, 3.8) is 0 Å². The standard InChI is InChI=1S/C19H32O4Si/c1-5-24(6-2,7-3)23-18-15-14-17(20)16(18)12-10-8-9-11-13-19(21)22-4/h8-9,14-16,18H,5-7,10-13H2,1-4H3/b9-8-/t16-,18-/m1/s1. The lowest BCUT2D eigenvalue weighted by atomic mass is 9.97. The van der Waals surface area contributed by atoms with Crippen molar-refractivity contribution in [2.75, 3.05) is 7.11 Å². The zero-order chi connectivity index (χ0) is 18.0. The Bertz CT molecular complexity index is 458. The third-order valence-corrected chi connectivity index (χ3v) is 9.72. The van der Waals surface area contributed by atoms with E-state index in [-0.39, 0.29) is 23.8 Å². The van der Waals surface area contributed by atoms with Gasteiger partial charge in [0, 0.05) is 6.42 Å². The first-order chi connectivity index (χ1) is 11.5. The Hall–Kier alpha value is -1.20. The van der Waals surface area contributed by atoms with Crippen LogP contribution in [0, 0.1) is 5.92 Å². The van der Waals surface area contributed by atoms with Gasteiger partial charge in [-0.2, -0.15) is 0 Å². The number of ether oxygens (including phenoxy) is 1. The highest BCUT2D eigenvalue weighted by Crippen LogP contribution is 2.31. The van der Waals surface area contributed by atoms with Crippen LogP contribution in [0.3, 0.4) is 0 Å². The van der Waals surface area contributed by atoms with Crippen molar-refractivity contribution >= 4 is 20.1 Å². The highest BCUT2D eigenvalue weighted by Gasteiger charge is 2.37. The van der Waals surface area contributed by atoms with E-state index in [1.807, 2.05) is 12.2 Å². The molecule has 2 atom stereocenters. The average molecular weight is 353 g/mol. The monoisotopic (exact) mass is 352 g/mol. The molecule has 0 aromatic carbocycles. The van der Waals surface area contributed by atoms with E-state index in [4.69, 9.17) is 4.43 Å². The molecule has 0 aromatic rings. The van der Waals surface area contributed by atoms with Crippen LogP contribution in [-0.2, 0) is 18.8 Å². The fourth-order valence-corrected chi connectivity index (χ4v) is 5.96. The van der Waals surface area contributed by atoms with E-state index in [0.29, 0.717) is 12.8 Å². The Morgan fingerprint density at radius 1 is 1.17 bits per heavy atom. The molecule has 0 unspecified atom stereocenters. The molecule has 0 aromatic heterocycles. The van der Waals surface area contributed by atoms with Crippen molar-refractivity contribution in [1.29, 1.82) is 0 Å². The predicted molar refractivity (Wildman–Crippen MR) is 99.3 cm³/mol. The number of carbonyl (C=O) groups excluding carboxylic acids is 2. The van der Waals surface area contributed by atoms with Gasteiger partial charge in [0.25, 0.3) is 0 Å². The van der Waals surface area contributed by atoms with Crippen molar-refractivity contribution in [3.8, 4) is 0 Å². The van der Waals surface area contributed by atoms with Gasteiger partial charge in [-0.1, -0.05) is 39.0 Å². The molecule has 0 spiro atoms. The molecule has 24 heavy (non-hydrogen) atoms. The number of hydrogen-bond donors (Lipinski definition) is 0. The molecule has 0 bridgehead atoms. The summed E-state index contributed by atoms with van der Waals surface area (Å²) in [5.41, 5.74) is 0. The van der Waals surface area contributed by atoms with E-state index >= 15 is 0 Å². The van der Waals surface area contributed by atoms with Crippen LogP contribution in [-0.4, -0.2) is 33.3 Å². The molecule has 0 amide bonds. The van der Waals surface area contributed by atoms with E-state index in [2.05, 4.69) is 31.6 Å². The highest BCUT2D eigenvalue weighted by atomic mass is 28.4. The topological polar surface area (TPSA) is 52.6 Å². The second-order valence-electron chi connectivity index (χ2n) is 6.36. The third kappa shape index (κ3) is 6.02. The van der Waals surface area contributed by atoms with Crippen LogP contribution in [0.4, 0.5) is 0 Å². The highest BCUT2D eigenvalue weighted by molar-refractivity contribution is 6.73. The van der Waals surface area contributed by atoms with Crippen LogP contribution in [0.5, 0.6) is 0 Å². The van der Waals surface area contributed by atoms with Gasteiger partial charge in [0.15, 0.2) is 14.1 Å². The molecule has 1 aliphatic carbocycles. The molecule has 1 rings (SSSR count). The van der Waals surface area contributed by atoms with Crippen molar-refractivity contribution in [2.45, 2.75) is 70.7 Å². The Morgan fingerprint density at radius 2 is 1.79 bits per heavy atom. The number of rotatable bonds is 11. The first-order valence-corrected chi connectivity index (χ1v) is 11.7. The molecule has 0 radical (unpaired) electrons. The van der Waals surface area contributed by atoms with E-state index in [9.17, 15) is 9.59 Å². The maximum Gasteiger partial charge on any atom is 0.305 e. The summed E-state index contributed by atoms with van der Waals surface area (Å²) in [6.45, 7) is 6.62. The summed E-state index contributed by atoms with van der Waals surface area (Å²) < 4.78 is 11.1. The van der Waals surface area contributed by atoms with Gasteiger partial charge in [-0.15, -0.1) is 0 Å². The first kappa shape index (κ1) is 20.8. The SMILES string of the molecule is CC[Si](CC)(CC)O[C@@H]1C=CC(=O)[C@H]1CC/C=C\CCC(=O)OC. The Morgan fingerprint density at radius 3 is 2.38 bits per heavy atom. The lowest BCUT2D eigenvalue weighted by Gasteiger charge is -2.33. The molecular weight excluding hydrogens is 320 g/mol. The Kier molecular flexibility index (Phi) is 9.22. The van der Waals surface area contributed by atoms with Crippen molar-refractivity contribution in [2.24, 2.45) is 5.92 Å². The van der Waals surface area contributed by atoms with Gasteiger partial charge < -0.3 is 9.16 Å². The first-order valence-electron chi connectivity index (χ1n) is 9.13. The molecule has 0 N–H and O–H groups in total. The minimum Gasteiger partial charge on any atom is -0.469 e. The van der Waals surface area contributed by atoms with Crippen LogP contribution in [0.15, 0.2) is 24.3 Å². The van der Waals surface area contributed by atoms with Crippen molar-refractivity contribution in [1.82, 2.24) is 0 Å². The fourth-order valence-electron chi connectivity index (χ4n) is 3.14. The summed E-state index contributed by atoms with van der Waals surface area (Å²) in [7, 11) is -0.304. The van der Waals surface area contributed by atoms with Crippen molar-refractivity contribution < 1.29 is 18.8 Å². The number of carbonyl (C=O) groups is 2. The Balaban J connectivity index is 2.49. The van der Waals surface area contributed by atoms with Gasteiger partial charge in [-0.25, -0.2) is 0 Å². The van der Waals surface area contributed by atoms with Gasteiger partial charge in [0.05, 0.1) is 19.1 Å². The van der Waals surface area contributed by atoms with Gasteiger partial charge in [0.1, 0.15) is 0 Å². The van der Waals surface area contributed by atoms with Crippen LogP contribution < -0.4 is 0 Å². The number of hydrogen-bond acceptors (Lipinski definition) is 4. The largest absolute Gasteiger partial charge is 0.469 e. The zero-order valence-corrected chi connectivity index (χ0v) is 16.5. The van der Waals surface area contributed by atoms with Gasteiger partial charge in [0.2, 0.25) is 0 Å². The van der Waals surface area contributed by atoms with Gasteiger partial charge >= 0.3 is 5.97 Å². The molecule has 0 heterocycles. The van der Waals surface area contributed by atoms with Crippen LogP contribution in [0.2, 0.25) is 18.1 Å². The molecule has 5 heteroatoms. The fraction of sp³-hybridized carbons (Fsp3) is 0.684. The molecule has 1 aliphatic rings. The Labute approximate surface area is 147 Å². The average Bonchev–Trinajstić information content (AvgIpc) is 2.95. The zero-order valence-electron chi connectivity index (χ0n) is 15.5. The van der Waals surface area contributed by atoms with E-state index < -0.39 is 8.32 Å². The molecular formula is C19H32O4Si. The molecule has 0 fully saturated rings. The van der Waals surface area contributed by atoms with Gasteiger partial charge in [-0.05, 0) is 43.5 Å². The predicted octanol–water partition coefficient (Wildman–Crippen LogP) is 4.42. The number of ketones is 1. The minimum atomic E-state index is -1.70. The van der Waals surface area contributed by atoms with Gasteiger partial charge in [-0.3, -0.25) is 9.59 Å². The minimum absolute atomic E-state index is 0.0486. The second kappa shape index (κ2) is 10.6. The molecule has 0 aliphatic heterocycles. The lowest BCUT2D eigenvalue weighted by molar-refractivity contribution is -0.140. The number of esters is 1. The summed E-state index contributed by atoms with van der Waals surface area (Å²) in [4.78, 5) is 23.2. The van der Waals surface area contributed by atoms with Crippen LogP contribution >= 0.6 is 0 Å². The molecule has 0 saturated carbocycles. The molecule has 0 saturated heterocycles. The van der Waals surface area contributed by atoms with Crippen LogP contribution in [0.25, 0.3) is 0 Å². The van der Waals surface area contributed by atoms with E-state index in [1.54, 1.807) is 6.08 Å². The van der Waals surface area contributed by atoms with E-state index in [1.165, 1.54) is 7.11 Å².